The molecule has 0 N–H and O–H groups in total. The molecule has 0 aromatic carbocycles. The summed E-state index contributed by atoms with van der Waals surface area (Å²) in [5.41, 5.74) is 0. The van der Waals surface area contributed by atoms with Gasteiger partial charge in [-0.1, -0.05) is 20.8 Å². The number of hydrogen-bond acceptors (Lipinski definition) is 6. The van der Waals surface area contributed by atoms with Crippen LogP contribution in [0, 0.1) is 5.92 Å². The number of hydrogen-bond donors (Lipinski definition) is 0. The van der Waals surface area contributed by atoms with Crippen molar-refractivity contribution in [3.63, 3.8) is 0 Å². The van der Waals surface area contributed by atoms with Gasteiger partial charge in [-0.2, -0.15) is 0 Å². The minimum atomic E-state index is -2.03. The fraction of sp³-hybridized carbons (Fsp3) is 0.812. The van der Waals surface area contributed by atoms with E-state index >= 15 is 0 Å². The van der Waals surface area contributed by atoms with E-state index in [2.05, 4.69) is 33.9 Å². The van der Waals surface area contributed by atoms with E-state index in [1.807, 2.05) is 0 Å². The van der Waals surface area contributed by atoms with E-state index in [4.69, 9.17) is 13.9 Å². The molecule has 0 aromatic heterocycles. The van der Waals surface area contributed by atoms with Crippen molar-refractivity contribution in [2.75, 3.05) is 0 Å². The van der Waals surface area contributed by atoms with E-state index in [-0.39, 0.29) is 17.6 Å². The van der Waals surface area contributed by atoms with Crippen molar-refractivity contribution in [2.45, 2.75) is 78.0 Å². The molecule has 0 aromatic rings. The van der Waals surface area contributed by atoms with Crippen molar-refractivity contribution < 1.29 is 28.3 Å². The summed E-state index contributed by atoms with van der Waals surface area (Å²) in [7, 11) is -2.03. The lowest BCUT2D eigenvalue weighted by Gasteiger charge is -2.38. The second-order valence-electron chi connectivity index (χ2n) is 8.03. The predicted octanol–water partition coefficient (Wildman–Crippen LogP) is 2.81. The molecular weight excluding hydrogens is 316 g/mol. The molecule has 1 heterocycles. The zero-order valence-corrected chi connectivity index (χ0v) is 16.3. The van der Waals surface area contributed by atoms with Gasteiger partial charge in [0.25, 0.3) is 5.79 Å². The molecule has 0 amide bonds. The summed E-state index contributed by atoms with van der Waals surface area (Å²) in [5.74, 6) is -5.06. The van der Waals surface area contributed by atoms with Gasteiger partial charge >= 0.3 is 11.9 Å². The zero-order valence-electron chi connectivity index (χ0n) is 15.3. The number of Topliss-reactive ketones (excluding diaryl/α,β-unsaturated/α-hetero) is 1. The number of carbonyl (C=O) groups excluding carboxylic acids is 3. The largest absolute Gasteiger partial charge is 0.422 e. The third-order valence-corrected chi connectivity index (χ3v) is 8.88. The third kappa shape index (κ3) is 4.88. The molecular formula is C16H28O6Si. The molecule has 0 radical (unpaired) electrons. The molecule has 0 aliphatic carbocycles. The first-order valence-corrected chi connectivity index (χ1v) is 10.7. The van der Waals surface area contributed by atoms with Crippen LogP contribution in [0.4, 0.5) is 0 Å². The van der Waals surface area contributed by atoms with Crippen LogP contribution in [0.25, 0.3) is 0 Å². The number of esters is 2. The summed E-state index contributed by atoms with van der Waals surface area (Å²) in [4.78, 5) is 36.1. The molecule has 132 valence electrons. The first-order valence-electron chi connectivity index (χ1n) is 7.82. The Balaban J connectivity index is 2.73. The molecule has 1 aliphatic heterocycles. The number of rotatable bonds is 5. The Morgan fingerprint density at radius 1 is 1.22 bits per heavy atom. The lowest BCUT2D eigenvalue weighted by molar-refractivity contribution is -0.238. The Morgan fingerprint density at radius 3 is 2.04 bits per heavy atom. The van der Waals surface area contributed by atoms with Crippen molar-refractivity contribution >= 4 is 26.0 Å². The van der Waals surface area contributed by atoms with Gasteiger partial charge in [0.05, 0.1) is 0 Å². The Hall–Kier alpha value is -1.21. The highest BCUT2D eigenvalue weighted by Gasteiger charge is 2.47. The first-order chi connectivity index (χ1) is 10.2. The van der Waals surface area contributed by atoms with Gasteiger partial charge in [0, 0.05) is 26.4 Å². The molecule has 1 atom stereocenters. The van der Waals surface area contributed by atoms with Gasteiger partial charge in [0.1, 0.15) is 0 Å². The SMILES string of the molecule is C[C@H](CC(=O)C1C(=O)OC(C)(C)OC1=O)O[Si](C)(C)C(C)(C)C. The molecule has 0 spiro atoms. The topological polar surface area (TPSA) is 78.9 Å². The molecule has 1 saturated heterocycles. The molecule has 1 rings (SSSR count). The molecule has 1 aliphatic rings. The van der Waals surface area contributed by atoms with Crippen LogP contribution in [0.2, 0.25) is 18.1 Å². The van der Waals surface area contributed by atoms with E-state index in [0.29, 0.717) is 0 Å². The number of cyclic esters (lactones) is 2. The van der Waals surface area contributed by atoms with Gasteiger partial charge in [-0.3, -0.25) is 14.4 Å². The molecule has 0 saturated carbocycles. The second kappa shape index (κ2) is 6.35. The van der Waals surface area contributed by atoms with Crippen LogP contribution < -0.4 is 0 Å². The first kappa shape index (κ1) is 19.8. The summed E-state index contributed by atoms with van der Waals surface area (Å²) in [6, 6.07) is 0. The maximum Gasteiger partial charge on any atom is 0.331 e. The molecule has 6 nitrogen and oxygen atoms in total. The summed E-state index contributed by atoms with van der Waals surface area (Å²) < 4.78 is 16.0. The molecule has 7 heteroatoms. The van der Waals surface area contributed by atoms with E-state index in [9.17, 15) is 14.4 Å². The fourth-order valence-electron chi connectivity index (χ4n) is 2.10. The standard InChI is InChI=1S/C16H28O6Si/c1-10(22-23(7,8)15(2,3)4)9-11(17)12-13(18)20-16(5,6)21-14(12)19/h10,12H,9H2,1-8H3/t10-/m1/s1. The summed E-state index contributed by atoms with van der Waals surface area (Å²) in [5, 5.41) is 0.0109. The maximum atomic E-state index is 12.3. The van der Waals surface area contributed by atoms with Crippen LogP contribution in [-0.4, -0.2) is 37.9 Å². The Labute approximate surface area is 139 Å². The lowest BCUT2D eigenvalue weighted by atomic mass is 9.98. The maximum absolute atomic E-state index is 12.3. The summed E-state index contributed by atoms with van der Waals surface area (Å²) in [6.45, 7) is 15.2. The van der Waals surface area contributed by atoms with Crippen molar-refractivity contribution in [1.82, 2.24) is 0 Å². The number of ether oxygens (including phenoxy) is 2. The smallest absolute Gasteiger partial charge is 0.331 e. The van der Waals surface area contributed by atoms with Crippen molar-refractivity contribution in [3.05, 3.63) is 0 Å². The van der Waals surface area contributed by atoms with Crippen LogP contribution in [0.5, 0.6) is 0 Å². The van der Waals surface area contributed by atoms with Crippen LogP contribution in [0.1, 0.15) is 48.0 Å². The van der Waals surface area contributed by atoms with Crippen LogP contribution >= 0.6 is 0 Å². The second-order valence-corrected chi connectivity index (χ2v) is 12.8. The lowest BCUT2D eigenvalue weighted by Crippen LogP contribution is -2.50. The minimum Gasteiger partial charge on any atom is -0.422 e. The van der Waals surface area contributed by atoms with E-state index in [1.165, 1.54) is 13.8 Å². The molecule has 0 unspecified atom stereocenters. The monoisotopic (exact) mass is 344 g/mol. The Morgan fingerprint density at radius 2 is 1.65 bits per heavy atom. The quantitative estimate of drug-likeness (QED) is 0.433. The molecule has 0 bridgehead atoms. The average molecular weight is 344 g/mol. The predicted molar refractivity (Wildman–Crippen MR) is 87.1 cm³/mol. The van der Waals surface area contributed by atoms with Gasteiger partial charge in [-0.05, 0) is 25.1 Å². The van der Waals surface area contributed by atoms with E-state index < -0.39 is 37.7 Å². The highest BCUT2D eigenvalue weighted by Crippen LogP contribution is 2.37. The van der Waals surface area contributed by atoms with Crippen LogP contribution in [0.15, 0.2) is 0 Å². The third-order valence-electron chi connectivity index (χ3n) is 4.28. The molecule has 1 fully saturated rings. The van der Waals surface area contributed by atoms with Gasteiger partial charge in [-0.15, -0.1) is 0 Å². The summed E-state index contributed by atoms with van der Waals surface area (Å²) in [6.07, 6.45) is -0.402. The highest BCUT2D eigenvalue weighted by molar-refractivity contribution is 6.74. The molecule has 23 heavy (non-hydrogen) atoms. The summed E-state index contributed by atoms with van der Waals surface area (Å²) >= 11 is 0. The van der Waals surface area contributed by atoms with E-state index in [0.717, 1.165) is 0 Å². The fourth-order valence-corrected chi connectivity index (χ4v) is 3.55. The van der Waals surface area contributed by atoms with Gasteiger partial charge < -0.3 is 13.9 Å². The van der Waals surface area contributed by atoms with E-state index in [1.54, 1.807) is 6.92 Å². The van der Waals surface area contributed by atoms with Crippen molar-refractivity contribution in [2.24, 2.45) is 5.92 Å². The van der Waals surface area contributed by atoms with Crippen LogP contribution in [0.3, 0.4) is 0 Å². The average Bonchev–Trinajstić information content (AvgIpc) is 2.22. The number of carbonyl (C=O) groups is 3. The van der Waals surface area contributed by atoms with Crippen molar-refractivity contribution in [3.8, 4) is 0 Å². The Kier molecular flexibility index (Phi) is 5.48. The highest BCUT2D eigenvalue weighted by atomic mass is 28.4. The normalized spacial score (nSPS) is 20.7. The Bertz CT molecular complexity index is 483. The van der Waals surface area contributed by atoms with Gasteiger partial charge in [-0.25, -0.2) is 0 Å². The van der Waals surface area contributed by atoms with Gasteiger partial charge in [0.15, 0.2) is 14.1 Å². The number of ketones is 1. The van der Waals surface area contributed by atoms with Gasteiger partial charge in [0.2, 0.25) is 5.92 Å². The zero-order chi connectivity index (χ0) is 18.2. The van der Waals surface area contributed by atoms with Crippen molar-refractivity contribution in [1.29, 1.82) is 0 Å². The minimum absolute atomic E-state index is 0.0109. The van der Waals surface area contributed by atoms with Crippen LogP contribution in [-0.2, 0) is 28.3 Å².